The van der Waals surface area contributed by atoms with E-state index in [0.29, 0.717) is 23.2 Å². The summed E-state index contributed by atoms with van der Waals surface area (Å²) in [6.45, 7) is 0. The van der Waals surface area contributed by atoms with Crippen molar-refractivity contribution in [2.45, 2.75) is 6.18 Å². The SMILES string of the molecule is FC(F)(F)c1ccc(-n2c3ccccc3c3cc(-c4ccc5oc6ccc(-c7nc(-c8ccccc8)nc(-c8ccccc8)n7)cc6c5c4)ccc32)cc1. The van der Waals surface area contributed by atoms with E-state index in [2.05, 4.69) is 24.3 Å². The Morgan fingerprint density at radius 2 is 0.889 bits per heavy atom. The monoisotopic (exact) mass is 708 g/mol. The van der Waals surface area contributed by atoms with Crippen LogP contribution in [0, 0.1) is 0 Å². The van der Waals surface area contributed by atoms with Crippen LogP contribution >= 0.6 is 0 Å². The standard InChI is InChI=1S/C46H27F3N4O/c47-46(48,49)33-18-20-34(21-19-33)53-39-14-8-7-13-35(39)36-25-30(15-22-40(36)53)31-16-23-41-37(26-31)38-27-32(17-24-42(38)54-41)45-51-43(28-9-3-1-4-10-28)50-44(52-45)29-11-5-2-6-12-29/h1-27H. The molecule has 0 bridgehead atoms. The minimum absolute atomic E-state index is 0.560. The number of benzene rings is 7. The molecule has 258 valence electrons. The summed E-state index contributed by atoms with van der Waals surface area (Å²) in [4.78, 5) is 14.7. The quantitative estimate of drug-likeness (QED) is 0.179. The minimum Gasteiger partial charge on any atom is -0.456 e. The van der Waals surface area contributed by atoms with Gasteiger partial charge in [-0.1, -0.05) is 91.0 Å². The maximum Gasteiger partial charge on any atom is 0.416 e. The molecule has 3 aromatic heterocycles. The first-order valence-corrected chi connectivity index (χ1v) is 17.4. The van der Waals surface area contributed by atoms with E-state index in [1.165, 1.54) is 12.1 Å². The smallest absolute Gasteiger partial charge is 0.416 e. The third kappa shape index (κ3) is 5.38. The molecule has 0 spiro atoms. The number of halogens is 3. The second kappa shape index (κ2) is 12.3. The van der Waals surface area contributed by atoms with E-state index in [9.17, 15) is 13.2 Å². The van der Waals surface area contributed by atoms with Gasteiger partial charge in [0.2, 0.25) is 0 Å². The lowest BCUT2D eigenvalue weighted by Crippen LogP contribution is -2.05. The van der Waals surface area contributed by atoms with Gasteiger partial charge in [0, 0.05) is 43.9 Å². The first-order chi connectivity index (χ1) is 26.4. The van der Waals surface area contributed by atoms with E-state index in [4.69, 9.17) is 19.4 Å². The summed E-state index contributed by atoms with van der Waals surface area (Å²) in [6.07, 6.45) is -4.40. The first kappa shape index (κ1) is 31.7. The van der Waals surface area contributed by atoms with E-state index in [1.807, 2.05) is 120 Å². The minimum atomic E-state index is -4.40. The number of hydrogen-bond donors (Lipinski definition) is 0. The number of para-hydroxylation sites is 1. The molecule has 0 saturated carbocycles. The van der Waals surface area contributed by atoms with Crippen molar-refractivity contribution in [1.82, 2.24) is 19.5 Å². The summed E-state index contributed by atoms with van der Waals surface area (Å²) in [7, 11) is 0. The van der Waals surface area contributed by atoms with Crippen molar-refractivity contribution >= 4 is 43.7 Å². The van der Waals surface area contributed by atoms with Crippen molar-refractivity contribution in [2.24, 2.45) is 0 Å². The topological polar surface area (TPSA) is 56.7 Å². The molecule has 0 aliphatic rings. The zero-order chi connectivity index (χ0) is 36.4. The molecule has 10 rings (SSSR count). The second-order valence-corrected chi connectivity index (χ2v) is 13.2. The lowest BCUT2D eigenvalue weighted by Gasteiger charge is -2.11. The van der Waals surface area contributed by atoms with Crippen LogP contribution in [0.1, 0.15) is 5.56 Å². The van der Waals surface area contributed by atoms with Gasteiger partial charge in [-0.3, -0.25) is 0 Å². The largest absolute Gasteiger partial charge is 0.456 e. The van der Waals surface area contributed by atoms with E-state index in [1.54, 1.807) is 0 Å². The lowest BCUT2D eigenvalue weighted by molar-refractivity contribution is -0.137. The predicted molar refractivity (Wildman–Crippen MR) is 208 cm³/mol. The average Bonchev–Trinajstić information content (AvgIpc) is 3.75. The maximum atomic E-state index is 13.4. The number of hydrogen-bond acceptors (Lipinski definition) is 4. The number of aromatic nitrogens is 4. The van der Waals surface area contributed by atoms with Gasteiger partial charge in [0.05, 0.1) is 16.6 Å². The molecule has 0 unspecified atom stereocenters. The van der Waals surface area contributed by atoms with Crippen molar-refractivity contribution < 1.29 is 17.6 Å². The van der Waals surface area contributed by atoms with Crippen LogP contribution in [0.25, 0.3) is 94.7 Å². The van der Waals surface area contributed by atoms with E-state index in [0.717, 1.165) is 83.7 Å². The Morgan fingerprint density at radius 3 is 1.50 bits per heavy atom. The fourth-order valence-corrected chi connectivity index (χ4v) is 7.26. The van der Waals surface area contributed by atoms with Crippen LogP contribution in [0.15, 0.2) is 168 Å². The molecule has 10 aromatic rings. The first-order valence-electron chi connectivity index (χ1n) is 17.4. The molecule has 0 saturated heterocycles. The summed E-state index contributed by atoms with van der Waals surface area (Å²) in [5, 5.41) is 3.90. The summed E-state index contributed by atoms with van der Waals surface area (Å²) in [6, 6.07) is 51.5. The number of fused-ring (bicyclic) bond motifs is 6. The van der Waals surface area contributed by atoms with Crippen molar-refractivity contribution in [1.29, 1.82) is 0 Å². The molecule has 3 heterocycles. The summed E-state index contributed by atoms with van der Waals surface area (Å²) in [5.74, 6) is 1.74. The number of furan rings is 1. The Balaban J connectivity index is 1.09. The Labute approximate surface area is 306 Å². The van der Waals surface area contributed by atoms with Gasteiger partial charge in [-0.15, -0.1) is 0 Å². The molecule has 54 heavy (non-hydrogen) atoms. The van der Waals surface area contributed by atoms with Crippen LogP contribution in [0.4, 0.5) is 13.2 Å². The Hall–Kier alpha value is -7.06. The van der Waals surface area contributed by atoms with Gasteiger partial charge in [-0.2, -0.15) is 13.2 Å². The van der Waals surface area contributed by atoms with Crippen molar-refractivity contribution in [3.05, 3.63) is 169 Å². The highest BCUT2D eigenvalue weighted by Gasteiger charge is 2.30. The van der Waals surface area contributed by atoms with Crippen LogP contribution in [0.5, 0.6) is 0 Å². The summed E-state index contributed by atoms with van der Waals surface area (Å²) < 4.78 is 48.4. The molecular formula is C46H27F3N4O. The third-order valence-electron chi connectivity index (χ3n) is 9.89. The van der Waals surface area contributed by atoms with Gasteiger partial charge in [-0.25, -0.2) is 15.0 Å². The van der Waals surface area contributed by atoms with Crippen LogP contribution in [-0.2, 0) is 6.18 Å². The van der Waals surface area contributed by atoms with Crippen molar-refractivity contribution in [2.75, 3.05) is 0 Å². The highest BCUT2D eigenvalue weighted by Crippen LogP contribution is 2.39. The molecule has 0 radical (unpaired) electrons. The van der Waals surface area contributed by atoms with Crippen LogP contribution in [-0.4, -0.2) is 19.5 Å². The molecule has 7 aromatic carbocycles. The summed E-state index contributed by atoms with van der Waals surface area (Å²) in [5.41, 5.74) is 7.96. The van der Waals surface area contributed by atoms with Crippen molar-refractivity contribution in [3.63, 3.8) is 0 Å². The van der Waals surface area contributed by atoms with Gasteiger partial charge in [-0.05, 0) is 83.9 Å². The average molecular weight is 709 g/mol. The fourth-order valence-electron chi connectivity index (χ4n) is 7.26. The van der Waals surface area contributed by atoms with Gasteiger partial charge < -0.3 is 8.98 Å². The third-order valence-corrected chi connectivity index (χ3v) is 9.89. The van der Waals surface area contributed by atoms with Gasteiger partial charge >= 0.3 is 6.18 Å². The van der Waals surface area contributed by atoms with Crippen LogP contribution in [0.3, 0.4) is 0 Å². The van der Waals surface area contributed by atoms with Crippen LogP contribution < -0.4 is 0 Å². The molecule has 5 nitrogen and oxygen atoms in total. The van der Waals surface area contributed by atoms with Crippen molar-refractivity contribution in [3.8, 4) is 51.0 Å². The normalized spacial score (nSPS) is 12.0. The Bertz CT molecular complexity index is 2970. The van der Waals surface area contributed by atoms with E-state index in [-0.39, 0.29) is 0 Å². The molecule has 0 fully saturated rings. The zero-order valence-electron chi connectivity index (χ0n) is 28.4. The predicted octanol–water partition coefficient (Wildman–Crippen LogP) is 12.6. The maximum absolute atomic E-state index is 13.4. The molecule has 0 atom stereocenters. The Kier molecular flexibility index (Phi) is 7.20. The molecule has 0 N–H and O–H groups in total. The molecule has 8 heteroatoms. The summed E-state index contributed by atoms with van der Waals surface area (Å²) >= 11 is 0. The van der Waals surface area contributed by atoms with Gasteiger partial charge in [0.15, 0.2) is 17.5 Å². The Morgan fingerprint density at radius 1 is 0.407 bits per heavy atom. The van der Waals surface area contributed by atoms with Gasteiger partial charge in [0.1, 0.15) is 11.2 Å². The fraction of sp³-hybridized carbons (Fsp3) is 0.0217. The van der Waals surface area contributed by atoms with Crippen LogP contribution in [0.2, 0.25) is 0 Å². The number of rotatable bonds is 5. The number of nitrogens with zero attached hydrogens (tertiary/aromatic N) is 4. The highest BCUT2D eigenvalue weighted by molar-refractivity contribution is 6.11. The zero-order valence-corrected chi connectivity index (χ0v) is 28.4. The molecule has 0 amide bonds. The second-order valence-electron chi connectivity index (χ2n) is 13.2. The van der Waals surface area contributed by atoms with E-state index >= 15 is 0 Å². The molecule has 0 aliphatic carbocycles. The molecule has 0 aliphatic heterocycles. The van der Waals surface area contributed by atoms with Gasteiger partial charge in [0.25, 0.3) is 0 Å². The molecular weight excluding hydrogens is 682 g/mol. The van der Waals surface area contributed by atoms with E-state index < -0.39 is 11.7 Å². The number of alkyl halides is 3. The lowest BCUT2D eigenvalue weighted by atomic mass is 10.00. The highest BCUT2D eigenvalue weighted by atomic mass is 19.4.